The van der Waals surface area contributed by atoms with Crippen LogP contribution in [-0.2, 0) is 0 Å². The van der Waals surface area contributed by atoms with Crippen LogP contribution in [0.2, 0.25) is 0 Å². The van der Waals surface area contributed by atoms with Gasteiger partial charge in [0, 0.05) is 75.8 Å². The van der Waals surface area contributed by atoms with Crippen LogP contribution in [0.15, 0.2) is 94.1 Å². The third-order valence-electron chi connectivity index (χ3n) is 16.8. The number of alkyl halides is 6. The van der Waals surface area contributed by atoms with Gasteiger partial charge in [0.25, 0.3) is 23.6 Å². The van der Waals surface area contributed by atoms with Crippen molar-refractivity contribution in [2.24, 2.45) is 0 Å². The number of imide groups is 2. The topological polar surface area (TPSA) is 91.8 Å². The molecule has 0 fully saturated rings. The Bertz CT molecular complexity index is 4400. The van der Waals surface area contributed by atoms with Crippen LogP contribution in [0.5, 0.6) is 0 Å². The molecule has 448 valence electrons. The highest BCUT2D eigenvalue weighted by atomic mass is 79.9. The summed E-state index contributed by atoms with van der Waals surface area (Å²) in [6, 6.07) is 18.5. The van der Waals surface area contributed by atoms with Gasteiger partial charge in [0.1, 0.15) is 0 Å². The molecule has 9 aromatic rings. The molecule has 1 aliphatic carbocycles. The summed E-state index contributed by atoms with van der Waals surface area (Å²) in [7, 11) is 0. The number of rotatable bonds is 18. The Morgan fingerprint density at radius 1 is 0.540 bits per heavy atom. The van der Waals surface area contributed by atoms with Gasteiger partial charge in [0.15, 0.2) is 0 Å². The number of allylic oxidation sites excluding steroid dienone is 2. The minimum Gasteiger partial charge on any atom is -0.288 e. The molecule has 87 heavy (non-hydrogen) atoms. The molecule has 0 atom stereocenters. The zero-order valence-corrected chi connectivity index (χ0v) is 58.3. The first-order chi connectivity index (χ1) is 41.3. The van der Waals surface area contributed by atoms with E-state index < -0.39 is 57.6 Å². The summed E-state index contributed by atoms with van der Waals surface area (Å²) in [6.45, 7) is 7.10. The minimum atomic E-state index is -5.75. The smallest absolute Gasteiger partial charge is 0.288 e. The summed E-state index contributed by atoms with van der Waals surface area (Å²) in [5.74, 6) is -18.7. The third kappa shape index (κ3) is 9.90. The van der Waals surface area contributed by atoms with Gasteiger partial charge in [-0.1, -0.05) is 65.2 Å². The van der Waals surface area contributed by atoms with Crippen molar-refractivity contribution in [1.82, 2.24) is 4.90 Å². The molecule has 4 amide bonds. The van der Waals surface area contributed by atoms with Crippen LogP contribution < -0.4 is 4.90 Å². The van der Waals surface area contributed by atoms with E-state index in [4.69, 9.17) is 0 Å². The zero-order chi connectivity index (χ0) is 62.2. The lowest BCUT2D eigenvalue weighted by molar-refractivity contribution is -0.254. The molecular formula is C65H46Br6F6N2O5S3. The van der Waals surface area contributed by atoms with Crippen molar-refractivity contribution in [2.75, 3.05) is 4.90 Å². The second-order valence-corrected chi connectivity index (χ2v) is 31.9. The van der Waals surface area contributed by atoms with Crippen LogP contribution in [0.25, 0.3) is 70.1 Å². The summed E-state index contributed by atoms with van der Waals surface area (Å²) < 4.78 is 96.5. The lowest BCUT2D eigenvalue weighted by Crippen LogP contribution is -2.48. The standard InChI is InChI=1S/C65H46Br6F6N2O5S3/c1-5-7-9-11-13-31(14-12-10-8-6-2)78-59(81)50-40(66)23-36-38-25-42(68)52-55-49(38)39(37-24-41(67)51(60(78)82)54(50)48(36)37)26-43(69)53(55)62(84)79(61(52)83)32-17-15-30(16-18-32)58(80)45-20-19-44(87-45)46-27-35(29(4)86-46)57-56(63(72,73)65(76,77)64(57,74)75)34-21-33(22-47(70)71)85-28(34)3/h15-27,31H,5-14H2,1-4H3. The molecule has 0 N–H and O–H groups in total. The first kappa shape index (κ1) is 62.8. The van der Waals surface area contributed by atoms with Crippen LogP contribution in [0.4, 0.5) is 32.0 Å². The number of carbonyl (C=O) groups excluding carboxylic acids is 5. The Morgan fingerprint density at radius 3 is 1.45 bits per heavy atom. The van der Waals surface area contributed by atoms with Gasteiger partial charge in [0.2, 0.25) is 5.78 Å². The maximum atomic E-state index is 16.0. The van der Waals surface area contributed by atoms with Gasteiger partial charge in [0.05, 0.1) is 36.2 Å². The van der Waals surface area contributed by atoms with Gasteiger partial charge < -0.3 is 0 Å². The van der Waals surface area contributed by atoms with Crippen LogP contribution in [0.1, 0.15) is 160 Å². The molecule has 0 saturated heterocycles. The van der Waals surface area contributed by atoms with Gasteiger partial charge in [-0.2, -0.15) is 26.3 Å². The molecule has 3 aromatic heterocycles. The summed E-state index contributed by atoms with van der Waals surface area (Å²) in [4.78, 5) is 78.2. The van der Waals surface area contributed by atoms with Crippen molar-refractivity contribution in [2.45, 2.75) is 116 Å². The molecule has 3 aliphatic rings. The number of hydrogen-bond donors (Lipinski definition) is 0. The van der Waals surface area contributed by atoms with Gasteiger partial charge in [-0.3, -0.25) is 28.9 Å². The molecule has 22 heteroatoms. The number of carbonyl (C=O) groups is 5. The largest absolute Gasteiger partial charge is 0.380 e. The van der Waals surface area contributed by atoms with Crippen LogP contribution >= 0.6 is 130 Å². The summed E-state index contributed by atoms with van der Waals surface area (Å²) in [5.41, 5.74) is -2.24. The van der Waals surface area contributed by atoms with Crippen molar-refractivity contribution in [1.29, 1.82) is 0 Å². The van der Waals surface area contributed by atoms with Gasteiger partial charge in [-0.15, -0.1) is 34.0 Å². The molecule has 0 spiro atoms. The zero-order valence-electron chi connectivity index (χ0n) is 46.3. The summed E-state index contributed by atoms with van der Waals surface area (Å²) >= 11 is 24.3. The fourth-order valence-electron chi connectivity index (χ4n) is 12.8. The van der Waals surface area contributed by atoms with E-state index >= 15 is 45.5 Å². The number of ketones is 1. The average Bonchev–Trinajstić information content (AvgIpc) is 1.44. The number of nitrogens with zero attached hydrogens (tertiary/aromatic N) is 2. The number of hydrogen-bond acceptors (Lipinski definition) is 8. The van der Waals surface area contributed by atoms with Crippen molar-refractivity contribution >= 4 is 225 Å². The Morgan fingerprint density at radius 2 is 0.989 bits per heavy atom. The fourth-order valence-corrected chi connectivity index (χ4v) is 19.0. The highest BCUT2D eigenvalue weighted by molar-refractivity contribution is 9.28. The first-order valence-corrected chi connectivity index (χ1v) is 35.1. The second-order valence-electron chi connectivity index (χ2n) is 22.0. The average molecular weight is 1620 g/mol. The lowest BCUT2D eigenvalue weighted by Gasteiger charge is -2.36. The van der Waals surface area contributed by atoms with E-state index in [0.717, 1.165) is 90.3 Å². The molecule has 2 aliphatic heterocycles. The molecule has 0 saturated carbocycles. The highest BCUT2D eigenvalue weighted by Gasteiger charge is 2.80. The quantitative estimate of drug-likeness (QED) is 0.0213. The van der Waals surface area contributed by atoms with E-state index in [1.807, 2.05) is 24.3 Å². The lowest BCUT2D eigenvalue weighted by atomic mass is 9.81. The van der Waals surface area contributed by atoms with Crippen molar-refractivity contribution in [3.8, 4) is 9.75 Å². The van der Waals surface area contributed by atoms with Crippen molar-refractivity contribution < 1.29 is 50.3 Å². The monoisotopic (exact) mass is 1620 g/mol. The number of benzene rings is 6. The molecular weight excluding hydrogens is 1580 g/mol. The molecule has 12 rings (SSSR count). The molecule has 7 nitrogen and oxygen atoms in total. The van der Waals surface area contributed by atoms with E-state index in [1.54, 1.807) is 6.07 Å². The van der Waals surface area contributed by atoms with Gasteiger partial charge in [-0.25, -0.2) is 4.90 Å². The van der Waals surface area contributed by atoms with Crippen LogP contribution in [-0.4, -0.2) is 58.1 Å². The van der Waals surface area contributed by atoms with E-state index in [1.165, 1.54) is 67.3 Å². The fraction of sp³-hybridized carbons (Fsp3) is 0.277. The van der Waals surface area contributed by atoms with Crippen LogP contribution in [0, 0.1) is 13.8 Å². The third-order valence-corrected chi connectivity index (χ3v) is 23.1. The van der Waals surface area contributed by atoms with E-state index in [-0.39, 0.29) is 59.7 Å². The summed E-state index contributed by atoms with van der Waals surface area (Å²) in [5, 5.41) is 5.01. The number of aryl methyl sites for hydroxylation is 2. The predicted molar refractivity (Wildman–Crippen MR) is 360 cm³/mol. The second kappa shape index (κ2) is 23.4. The highest BCUT2D eigenvalue weighted by Crippen LogP contribution is 2.66. The normalized spacial score (nSPS) is 16.2. The summed E-state index contributed by atoms with van der Waals surface area (Å²) in [6.07, 6.45) is 11.0. The Kier molecular flexibility index (Phi) is 16.9. The van der Waals surface area contributed by atoms with E-state index in [2.05, 4.69) is 109 Å². The van der Waals surface area contributed by atoms with Crippen molar-refractivity contribution in [3.05, 3.63) is 153 Å². The van der Waals surface area contributed by atoms with Gasteiger partial charge in [-0.05, 0) is 245 Å². The number of halogens is 12. The van der Waals surface area contributed by atoms with E-state index in [0.29, 0.717) is 98.1 Å². The molecule has 0 bridgehead atoms. The SMILES string of the molecule is CCCCCCC(CCCCCC)N1C(=O)c2c(Br)cc3c4cc(Br)c5c6c(c(Br)cc(c7cc(Br)c(c2c37)C1=O)c64)C(=O)N(c1ccc(C(=O)c2ccc(-c3cc(C4=C(c6cc(C=C(Br)Br)sc6C)C(F)(F)C(F)(F)C4(F)F)c(C)s3)s2)cc1)C5=O. The minimum absolute atomic E-state index is 0.0866. The molecule has 5 heterocycles. The van der Waals surface area contributed by atoms with Gasteiger partial charge >= 0.3 is 17.8 Å². The Balaban J connectivity index is 0.866. The number of thiophene rings is 3. The Labute approximate surface area is 557 Å². The maximum Gasteiger partial charge on any atom is 0.380 e. The number of amides is 4. The number of anilines is 1. The predicted octanol–water partition coefficient (Wildman–Crippen LogP) is 23.1. The molecule has 0 unspecified atom stereocenters. The molecule has 6 aromatic carbocycles. The number of unbranched alkanes of at least 4 members (excludes halogenated alkanes) is 6. The Hall–Kier alpha value is -4.39. The number of fused-ring (bicyclic) bond motifs is 2. The van der Waals surface area contributed by atoms with E-state index in [9.17, 15) is 4.79 Å². The maximum absolute atomic E-state index is 16.0. The molecule has 0 radical (unpaired) electrons. The van der Waals surface area contributed by atoms with Crippen LogP contribution in [0.3, 0.4) is 0 Å². The first-order valence-electron chi connectivity index (χ1n) is 27.9. The van der Waals surface area contributed by atoms with Crippen molar-refractivity contribution in [3.63, 3.8) is 0 Å².